The topological polar surface area (TPSA) is 483 Å². The van der Waals surface area contributed by atoms with E-state index in [9.17, 15) is 49.2 Å². The number of fused-ring (bicyclic) bond motifs is 5. The van der Waals surface area contributed by atoms with E-state index in [4.69, 9.17) is 74.6 Å². The molecule has 5 aromatic heterocycles. The van der Waals surface area contributed by atoms with E-state index in [1.807, 2.05) is 86.8 Å². The molecule has 9 heterocycles. The number of esters is 1. The number of aromatic nitrogens is 10. The number of cyclic esters (lactones) is 1. The zero-order chi connectivity index (χ0) is 91.8. The van der Waals surface area contributed by atoms with Gasteiger partial charge in [-0.05, 0) is 149 Å². The molecule has 4 fully saturated rings. The van der Waals surface area contributed by atoms with E-state index in [1.54, 1.807) is 62.8 Å². The summed E-state index contributed by atoms with van der Waals surface area (Å²) in [4.78, 5) is 112. The molecule has 129 heavy (non-hydrogen) atoms. The minimum atomic E-state index is -2.50. The minimum Gasteiger partial charge on any atom is -0.459 e. The molecule has 1 unspecified atom stereocenters. The molecule has 36 heteroatoms. The Kier molecular flexibility index (Phi) is 35.8. The number of carbonyl (C=O) groups is 6. The maximum atomic E-state index is 14.8. The molecule has 2 amide bonds. The molecule has 12 rings (SSSR count). The van der Waals surface area contributed by atoms with E-state index in [0.717, 1.165) is 51.3 Å². The van der Waals surface area contributed by atoms with Crippen LogP contribution < -0.4 is 27.4 Å². The molecule has 7 aromatic rings. The first-order chi connectivity index (χ1) is 62.2. The number of allylic oxidation sites excluding steroid dienone is 6. The van der Waals surface area contributed by atoms with E-state index >= 15 is 0 Å². The summed E-state index contributed by atoms with van der Waals surface area (Å²) in [5.74, 6) is -8.31. The number of rotatable bonds is 31. The highest BCUT2D eigenvalue weighted by atomic mass is 16.6. The molecule has 36 nitrogen and oxygen atoms in total. The fourth-order valence-corrected chi connectivity index (χ4v) is 17.8. The number of hydrogen-bond donors (Lipinski definition) is 8. The van der Waals surface area contributed by atoms with Crippen molar-refractivity contribution in [2.45, 2.75) is 231 Å². The lowest BCUT2D eigenvalue weighted by atomic mass is 9.80. The normalized spacial score (nSPS) is 27.7. The molecule has 0 radical (unpaired) electrons. The number of aliphatic hydroxyl groups is 4. The number of carbonyl (C=O) groups excluding carboxylic acids is 6. The fourth-order valence-electron chi connectivity index (χ4n) is 17.8. The summed E-state index contributed by atoms with van der Waals surface area (Å²) in [6, 6.07) is 11.1. The molecular weight excluding hydrogens is 1660 g/mol. The molecule has 11 N–H and O–H groups in total. The predicted octanol–water partition coefficient (Wildman–Crippen LogP) is 7.32. The number of benzene rings is 2. The zero-order valence-electron chi connectivity index (χ0n) is 75.4. The monoisotopic (exact) mass is 1790 g/mol. The number of methoxy groups -OCH3 is 2. The number of nitrogens with zero attached hydrogens (tertiary/aromatic N) is 13. The summed E-state index contributed by atoms with van der Waals surface area (Å²) in [7, 11) is 3.19. The van der Waals surface area contributed by atoms with Gasteiger partial charge in [-0.25, -0.2) is 34.1 Å². The molecule has 4 aliphatic heterocycles. The van der Waals surface area contributed by atoms with Crippen molar-refractivity contribution in [3.63, 3.8) is 0 Å². The van der Waals surface area contributed by atoms with Crippen LogP contribution >= 0.6 is 0 Å². The van der Waals surface area contributed by atoms with E-state index in [1.165, 1.54) is 19.3 Å². The van der Waals surface area contributed by atoms with Gasteiger partial charge in [0.2, 0.25) is 17.6 Å². The standard InChI is InChI=1S/C93H129N17O19/c1-57-17-10-9-11-18-58(2)77(121-7)47-70-25-22-62(6)93(120,129-70)86(117)89(118)109-30-14-12-21-73(109)90(119)127-78(48-74(112)59(3)42-61(5)84(115)85(116)83(114)60(4)41-57)71(94)44-63-23-26-76(79(45-63)122-8)126-55-64-19-16-20-65(43-64)67-49-98-92(99-50-67)107-33-32-106(69(53-107)54-111)51-68-52-108(105-103-68)34-36-124-38-40-125-39-37-123-35-28-80(113)97-29-13-15-31-110-88-81(87(95)100-56-101-88)82(104-110)66-24-27-75-72(46-66)102-91(96)128-75/h9-11,16-20,24,27,42-43,46,49-50,52,56-57,59-60,62-63,69-71,73,76-79,84-85,111,115-116,120H,12-15,21-23,25-26,28-41,44-45,47-48,51,53-55,94H2,1-8H3,(H2,96,102)(H,97,113)(H2,95,100,101)/b11-9+,17-10+,58-18+,61-42+/t57-,59-,60-,62-,63+,69?,70+,71-,73+,76-,77+,78+,79-,84-,85+,93-/m1/s1. The van der Waals surface area contributed by atoms with E-state index < -0.39 is 95.4 Å². The van der Waals surface area contributed by atoms with Crippen molar-refractivity contribution < 1.29 is 91.5 Å². The number of aliphatic hydroxyl groups excluding tert-OH is 3. The van der Waals surface area contributed by atoms with Gasteiger partial charge in [-0.1, -0.05) is 87.6 Å². The van der Waals surface area contributed by atoms with E-state index in [-0.39, 0.29) is 99.6 Å². The van der Waals surface area contributed by atoms with Crippen LogP contribution in [0, 0.1) is 29.6 Å². The number of amides is 2. The Bertz CT molecular complexity index is 5020. The number of nitrogen functional groups attached to an aromatic ring is 2. The number of hydrogen-bond acceptors (Lipinski definition) is 32. The van der Waals surface area contributed by atoms with Crippen LogP contribution in [0.4, 0.5) is 17.8 Å². The van der Waals surface area contributed by atoms with Crippen LogP contribution in [-0.2, 0) is 92.9 Å². The predicted molar refractivity (Wildman–Crippen MR) is 479 cm³/mol. The summed E-state index contributed by atoms with van der Waals surface area (Å²) in [6.45, 7) is 16.4. The number of piperazine rings is 1. The summed E-state index contributed by atoms with van der Waals surface area (Å²) in [5, 5.41) is 62.6. The second-order valence-corrected chi connectivity index (χ2v) is 35.0. The van der Waals surface area contributed by atoms with Gasteiger partial charge >= 0.3 is 5.97 Å². The third-order valence-electron chi connectivity index (χ3n) is 25.4. The molecule has 1 saturated carbocycles. The Hall–Kier alpha value is -10.1. The maximum Gasteiger partial charge on any atom is 0.329 e. The number of unbranched alkanes of at least 4 members (excludes halogenated alkanes) is 1. The van der Waals surface area contributed by atoms with Gasteiger partial charge in [0.25, 0.3) is 17.7 Å². The largest absolute Gasteiger partial charge is 0.459 e. The third kappa shape index (κ3) is 26.2. The molecule has 2 bridgehead atoms. The van der Waals surface area contributed by atoms with Crippen molar-refractivity contribution >= 4 is 75.0 Å². The van der Waals surface area contributed by atoms with Crippen molar-refractivity contribution in [1.82, 2.24) is 64.8 Å². The Morgan fingerprint density at radius 3 is 2.34 bits per heavy atom. The van der Waals surface area contributed by atoms with Crippen molar-refractivity contribution in [2.24, 2.45) is 35.3 Å². The Labute approximate surface area is 752 Å². The van der Waals surface area contributed by atoms with Crippen molar-refractivity contribution in [1.29, 1.82) is 0 Å². The number of piperidine rings is 1. The van der Waals surface area contributed by atoms with Crippen LogP contribution in [-0.4, -0.2) is 275 Å². The second kappa shape index (κ2) is 47.2. The molecular formula is C93H129N17O19. The van der Waals surface area contributed by atoms with E-state index in [2.05, 4.69) is 40.4 Å². The highest BCUT2D eigenvalue weighted by Crippen LogP contribution is 2.39. The quantitative estimate of drug-likeness (QED) is 0.00912. The Morgan fingerprint density at radius 1 is 0.783 bits per heavy atom. The lowest BCUT2D eigenvalue weighted by Crippen LogP contribution is -2.61. The van der Waals surface area contributed by atoms with Gasteiger partial charge in [-0.3, -0.25) is 28.9 Å². The zero-order valence-corrected chi connectivity index (χ0v) is 75.4. The van der Waals surface area contributed by atoms with Crippen LogP contribution in [0.5, 0.6) is 0 Å². The first-order valence-electron chi connectivity index (χ1n) is 45.2. The number of ketones is 3. The van der Waals surface area contributed by atoms with Crippen LogP contribution in [0.15, 0.2) is 119 Å². The number of nitrogens with two attached hydrogens (primary N) is 3. The molecule has 1 aliphatic carbocycles. The van der Waals surface area contributed by atoms with Crippen LogP contribution in [0.2, 0.25) is 0 Å². The molecule has 700 valence electrons. The van der Waals surface area contributed by atoms with Gasteiger partial charge in [-0.2, -0.15) is 10.1 Å². The number of anilines is 3. The molecule has 16 atom stereocenters. The van der Waals surface area contributed by atoms with Gasteiger partial charge in [0.1, 0.15) is 53.5 Å². The van der Waals surface area contributed by atoms with Gasteiger partial charge in [0, 0.05) is 133 Å². The third-order valence-corrected chi connectivity index (χ3v) is 25.4. The number of aryl methyl sites for hydroxylation is 1. The van der Waals surface area contributed by atoms with Crippen LogP contribution in [0.3, 0.4) is 0 Å². The maximum absolute atomic E-state index is 14.8. The van der Waals surface area contributed by atoms with Crippen LogP contribution in [0.25, 0.3) is 44.5 Å². The average molecular weight is 1790 g/mol. The highest BCUT2D eigenvalue weighted by Gasteiger charge is 2.53. The van der Waals surface area contributed by atoms with Crippen LogP contribution in [0.1, 0.15) is 149 Å². The second-order valence-electron chi connectivity index (χ2n) is 35.0. The smallest absolute Gasteiger partial charge is 0.329 e. The van der Waals surface area contributed by atoms with Gasteiger partial charge in [0.15, 0.2) is 17.0 Å². The van der Waals surface area contributed by atoms with Gasteiger partial charge in [-0.15, -0.1) is 5.10 Å². The Morgan fingerprint density at radius 2 is 1.57 bits per heavy atom. The molecule has 3 saturated heterocycles. The SMILES string of the molecule is CO[C@H]1C[C@@H]2CC[C@@H](C)[C@@](O)(O2)C(=O)C(=O)N2CCCC[C@H]2C(=O)O[C@H]([C@H](N)C[C@@H]2CC[C@@H](OCc3cccc(-c4cnc(N5CCN(Cc6cn(CCOCCOCCOCCC(=O)NCCCCn7nc(-c8ccc9oc(N)nc9c8)c8c(N)ncnc87)nn6)C(CO)C5)nc4)c3)[C@H](OC)C2)CC(=O)[C@H](C)/C=C(\C)[C@@H](O)[C@@H](O)C(=O)[C@H](C)C[C@H](C)/C=C/C=C/C=C/1C. The first kappa shape index (κ1) is 98.0. The fraction of sp³-hybridized carbons (Fsp3) is 0.591. The summed E-state index contributed by atoms with van der Waals surface area (Å²) in [6.07, 6.45) is 17.3. The number of oxazole rings is 1. The first-order valence-corrected chi connectivity index (χ1v) is 45.2. The molecule has 0 spiro atoms. The van der Waals surface area contributed by atoms with Gasteiger partial charge < -0.3 is 95.1 Å². The Balaban J connectivity index is 0.563. The van der Waals surface area contributed by atoms with Gasteiger partial charge in [0.05, 0.1) is 101 Å². The molecule has 5 aliphatic rings. The van der Waals surface area contributed by atoms with E-state index in [0.29, 0.717) is 176 Å². The molecule has 2 aromatic carbocycles. The highest BCUT2D eigenvalue weighted by molar-refractivity contribution is 6.39. The minimum absolute atomic E-state index is 0.0129. The summed E-state index contributed by atoms with van der Waals surface area (Å²) < 4.78 is 57.3. The average Bonchev–Trinajstić information content (AvgIpc) is 0.931. The van der Waals surface area contributed by atoms with Crippen molar-refractivity contribution in [2.75, 3.05) is 110 Å². The lowest BCUT2D eigenvalue weighted by Gasteiger charge is -2.42. The number of Topliss-reactive ketones (excluding diaryl/α,β-unsaturated/α-hetero) is 3. The summed E-state index contributed by atoms with van der Waals surface area (Å²) >= 11 is 0. The summed E-state index contributed by atoms with van der Waals surface area (Å²) in [5.41, 5.74) is 26.8. The van der Waals surface area contributed by atoms with Crippen molar-refractivity contribution in [3.05, 3.63) is 126 Å². The lowest BCUT2D eigenvalue weighted by molar-refractivity contribution is -0.265. The number of nitrogens with one attached hydrogen (secondary N) is 1. The number of ether oxygens (including phenoxy) is 8. The van der Waals surface area contributed by atoms with Crippen molar-refractivity contribution in [3.8, 4) is 22.4 Å².